The molecule has 0 bridgehead atoms. The first-order valence-corrected chi connectivity index (χ1v) is 10.9. The Morgan fingerprint density at radius 1 is 1.23 bits per heavy atom. The molecule has 0 radical (unpaired) electrons. The zero-order valence-electron chi connectivity index (χ0n) is 16.3. The van der Waals surface area contributed by atoms with Crippen LogP contribution in [0.15, 0.2) is 50.9 Å². The van der Waals surface area contributed by atoms with Gasteiger partial charge in [0.25, 0.3) is 0 Å². The number of ether oxygens (including phenoxy) is 3. The monoisotopic (exact) mass is 514 g/mol. The van der Waals surface area contributed by atoms with Crippen LogP contribution in [0.5, 0.6) is 11.5 Å². The van der Waals surface area contributed by atoms with E-state index in [0.717, 1.165) is 4.90 Å². The van der Waals surface area contributed by atoms with Crippen molar-refractivity contribution in [3.8, 4) is 11.5 Å². The van der Waals surface area contributed by atoms with Gasteiger partial charge in [0, 0.05) is 20.0 Å². The van der Waals surface area contributed by atoms with Crippen LogP contribution in [0.3, 0.4) is 0 Å². The van der Waals surface area contributed by atoms with Crippen molar-refractivity contribution in [3.05, 3.63) is 51.5 Å². The Morgan fingerprint density at radius 2 is 1.97 bits per heavy atom. The summed E-state index contributed by atoms with van der Waals surface area (Å²) in [6, 6.07) is 10.5. The van der Waals surface area contributed by atoms with E-state index >= 15 is 0 Å². The summed E-state index contributed by atoms with van der Waals surface area (Å²) in [5.74, 6) is 0.278. The predicted octanol–water partition coefficient (Wildman–Crippen LogP) is 4.30. The van der Waals surface area contributed by atoms with Gasteiger partial charge in [0.1, 0.15) is 0 Å². The first-order chi connectivity index (χ1) is 14.4. The number of esters is 1. The molecule has 0 atom stereocenters. The number of halogens is 2. The summed E-state index contributed by atoms with van der Waals surface area (Å²) in [5, 5.41) is 4.62. The van der Waals surface area contributed by atoms with E-state index in [1.165, 1.54) is 25.1 Å². The minimum Gasteiger partial charge on any atom is -0.493 e. The third-order valence-corrected chi connectivity index (χ3v) is 5.46. The van der Waals surface area contributed by atoms with Crippen molar-refractivity contribution in [3.63, 3.8) is 0 Å². The van der Waals surface area contributed by atoms with Crippen LogP contribution in [-0.2, 0) is 14.3 Å². The molecule has 160 valence electrons. The zero-order chi connectivity index (χ0) is 21.9. The van der Waals surface area contributed by atoms with Gasteiger partial charge in [-0.05, 0) is 59.3 Å². The van der Waals surface area contributed by atoms with E-state index in [2.05, 4.69) is 26.5 Å². The average molecular weight is 516 g/mol. The number of hydrazone groups is 1. The van der Waals surface area contributed by atoms with Gasteiger partial charge in [0.2, 0.25) is 5.91 Å². The summed E-state index contributed by atoms with van der Waals surface area (Å²) in [7, 11) is 1.48. The minimum absolute atomic E-state index is 0.212. The summed E-state index contributed by atoms with van der Waals surface area (Å²) in [6.07, 6.45) is 1.48. The quantitative estimate of drug-likeness (QED) is 0.220. The molecular formula is C20H20BrClN2O5S. The second kappa shape index (κ2) is 12.5. The number of benzene rings is 2. The Kier molecular flexibility index (Phi) is 9.99. The second-order valence-electron chi connectivity index (χ2n) is 5.65. The second-order valence-corrected chi connectivity index (χ2v) is 7.99. The summed E-state index contributed by atoms with van der Waals surface area (Å²) < 4.78 is 16.2. The van der Waals surface area contributed by atoms with Gasteiger partial charge in [-0.1, -0.05) is 11.6 Å². The molecule has 1 amide bonds. The lowest BCUT2D eigenvalue weighted by molar-refractivity contribution is -0.145. The van der Waals surface area contributed by atoms with Crippen molar-refractivity contribution in [1.82, 2.24) is 5.43 Å². The molecule has 2 aromatic rings. The van der Waals surface area contributed by atoms with Gasteiger partial charge in [-0.3, -0.25) is 4.79 Å². The molecule has 1 N–H and O–H groups in total. The van der Waals surface area contributed by atoms with E-state index in [1.54, 1.807) is 31.2 Å². The largest absolute Gasteiger partial charge is 0.493 e. The molecule has 7 nitrogen and oxygen atoms in total. The van der Waals surface area contributed by atoms with Crippen molar-refractivity contribution < 1.29 is 23.8 Å². The fourth-order valence-electron chi connectivity index (χ4n) is 2.15. The molecule has 30 heavy (non-hydrogen) atoms. The third-order valence-electron chi connectivity index (χ3n) is 3.51. The molecule has 0 aliphatic heterocycles. The maximum Gasteiger partial charge on any atom is 0.344 e. The van der Waals surface area contributed by atoms with E-state index in [9.17, 15) is 9.59 Å². The molecule has 0 spiro atoms. The van der Waals surface area contributed by atoms with Crippen LogP contribution in [0.2, 0.25) is 5.02 Å². The summed E-state index contributed by atoms with van der Waals surface area (Å²) in [5.41, 5.74) is 3.13. The van der Waals surface area contributed by atoms with Gasteiger partial charge in [0.05, 0.1) is 25.7 Å². The van der Waals surface area contributed by atoms with Crippen molar-refractivity contribution in [2.24, 2.45) is 5.10 Å². The van der Waals surface area contributed by atoms with Crippen LogP contribution >= 0.6 is 39.3 Å². The molecule has 10 heteroatoms. The highest BCUT2D eigenvalue weighted by Gasteiger charge is 2.12. The van der Waals surface area contributed by atoms with Crippen LogP contribution < -0.4 is 14.9 Å². The normalized spacial score (nSPS) is 10.7. The number of thioether (sulfide) groups is 1. The van der Waals surface area contributed by atoms with Crippen LogP contribution in [0, 0.1) is 0 Å². The van der Waals surface area contributed by atoms with Gasteiger partial charge in [-0.15, -0.1) is 11.8 Å². The number of hydrogen-bond acceptors (Lipinski definition) is 7. The van der Waals surface area contributed by atoms with E-state index < -0.39 is 5.97 Å². The van der Waals surface area contributed by atoms with Crippen molar-refractivity contribution >= 4 is 57.4 Å². The van der Waals surface area contributed by atoms with Gasteiger partial charge in [-0.25, -0.2) is 10.2 Å². The van der Waals surface area contributed by atoms with Crippen molar-refractivity contribution in [1.29, 1.82) is 0 Å². The molecule has 0 aliphatic rings. The summed E-state index contributed by atoms with van der Waals surface area (Å²) in [4.78, 5) is 24.4. The number of nitrogens with zero attached hydrogens (tertiary/aromatic N) is 1. The van der Waals surface area contributed by atoms with E-state index in [4.69, 9.17) is 25.8 Å². The molecule has 2 rings (SSSR count). The summed E-state index contributed by atoms with van der Waals surface area (Å²) >= 11 is 10.6. The number of carbonyl (C=O) groups is 2. The Hall–Kier alpha value is -2.23. The molecule has 0 aliphatic carbocycles. The smallest absolute Gasteiger partial charge is 0.344 e. The molecule has 0 fully saturated rings. The standard InChI is InChI=1S/C20H20BrClN2O5S/c1-3-28-20(26)11-29-18-9-16(21)13(8-17(18)27-2)10-23-24-19(25)12-30-15-6-4-14(22)5-7-15/h4-10H,3,11-12H2,1-2H3,(H,24,25)/b23-10-. The number of hydrogen-bond donors (Lipinski definition) is 1. The topological polar surface area (TPSA) is 86.2 Å². The first-order valence-electron chi connectivity index (χ1n) is 8.79. The van der Waals surface area contributed by atoms with Crippen LogP contribution in [-0.4, -0.2) is 44.2 Å². The molecule has 2 aromatic carbocycles. The lowest BCUT2D eigenvalue weighted by atomic mass is 10.2. The van der Waals surface area contributed by atoms with Gasteiger partial charge < -0.3 is 14.2 Å². The molecular weight excluding hydrogens is 496 g/mol. The van der Waals surface area contributed by atoms with Crippen molar-refractivity contribution in [2.45, 2.75) is 11.8 Å². The lowest BCUT2D eigenvalue weighted by Gasteiger charge is -2.12. The molecule has 0 unspecified atom stereocenters. The van der Waals surface area contributed by atoms with Crippen LogP contribution in [0.4, 0.5) is 0 Å². The molecule has 0 aromatic heterocycles. The lowest BCUT2D eigenvalue weighted by Crippen LogP contribution is -2.19. The zero-order valence-corrected chi connectivity index (χ0v) is 19.5. The molecule has 0 saturated heterocycles. The predicted molar refractivity (Wildman–Crippen MR) is 121 cm³/mol. The Balaban J connectivity index is 1.93. The molecule has 0 saturated carbocycles. The Morgan fingerprint density at radius 3 is 2.63 bits per heavy atom. The van der Waals surface area contributed by atoms with Crippen molar-refractivity contribution in [2.75, 3.05) is 26.1 Å². The Labute approximate surface area is 192 Å². The van der Waals surface area contributed by atoms with Crippen LogP contribution in [0.25, 0.3) is 0 Å². The highest BCUT2D eigenvalue weighted by Crippen LogP contribution is 2.33. The summed E-state index contributed by atoms with van der Waals surface area (Å²) in [6.45, 7) is 1.77. The number of amides is 1. The van der Waals surface area contributed by atoms with Gasteiger partial charge in [-0.2, -0.15) is 5.10 Å². The molecule has 0 heterocycles. The number of nitrogens with one attached hydrogen (secondary N) is 1. The average Bonchev–Trinajstić information content (AvgIpc) is 2.73. The van der Waals surface area contributed by atoms with Crippen LogP contribution in [0.1, 0.15) is 12.5 Å². The SMILES string of the molecule is CCOC(=O)COc1cc(Br)c(/C=N\NC(=O)CSc2ccc(Cl)cc2)cc1OC. The highest BCUT2D eigenvalue weighted by molar-refractivity contribution is 9.10. The highest BCUT2D eigenvalue weighted by atomic mass is 79.9. The fraction of sp³-hybridized carbons (Fsp3) is 0.250. The number of rotatable bonds is 10. The van der Waals surface area contributed by atoms with E-state index in [1.807, 2.05) is 12.1 Å². The maximum atomic E-state index is 12.0. The third kappa shape index (κ3) is 7.89. The van der Waals surface area contributed by atoms with Gasteiger partial charge >= 0.3 is 5.97 Å². The first kappa shape index (κ1) is 24.0. The minimum atomic E-state index is -0.472. The van der Waals surface area contributed by atoms with E-state index in [0.29, 0.717) is 26.6 Å². The fourth-order valence-corrected chi connectivity index (χ4v) is 3.39. The van der Waals surface area contributed by atoms with Gasteiger partial charge in [0.15, 0.2) is 18.1 Å². The Bertz CT molecular complexity index is 909. The van der Waals surface area contributed by atoms with E-state index in [-0.39, 0.29) is 24.9 Å². The number of methoxy groups -OCH3 is 1. The maximum absolute atomic E-state index is 12.0. The number of carbonyl (C=O) groups excluding carboxylic acids is 2.